The number of aromatic nitrogens is 1. The molecule has 4 nitrogen and oxygen atoms in total. The summed E-state index contributed by atoms with van der Waals surface area (Å²) in [4.78, 5) is 17.2. The monoisotopic (exact) mass is 257 g/mol. The van der Waals surface area contributed by atoms with E-state index in [0.717, 1.165) is 23.9 Å². The van der Waals surface area contributed by atoms with Gasteiger partial charge in [0.05, 0.1) is 0 Å². The predicted octanol–water partition coefficient (Wildman–Crippen LogP) is 1.86. The van der Waals surface area contributed by atoms with E-state index in [9.17, 15) is 4.79 Å². The Balaban J connectivity index is 1.72. The highest BCUT2D eigenvalue weighted by molar-refractivity contribution is 5.84. The molecular weight excluding hydrogens is 238 g/mol. The first-order chi connectivity index (χ1) is 9.15. The summed E-state index contributed by atoms with van der Waals surface area (Å²) >= 11 is 0. The molecule has 1 saturated carbocycles. The first kappa shape index (κ1) is 12.2. The zero-order chi connectivity index (χ0) is 13.4. The van der Waals surface area contributed by atoms with Crippen molar-refractivity contribution in [2.45, 2.75) is 25.4 Å². The molecule has 1 fully saturated rings. The fraction of sp³-hybridized carbons (Fsp3) is 0.400. The molecule has 0 aliphatic heterocycles. The van der Waals surface area contributed by atoms with E-state index in [0.29, 0.717) is 6.54 Å². The van der Waals surface area contributed by atoms with Crippen molar-refractivity contribution in [1.82, 2.24) is 9.88 Å². The van der Waals surface area contributed by atoms with Gasteiger partial charge in [0.2, 0.25) is 5.91 Å². The largest absolute Gasteiger partial charge is 0.361 e. The Morgan fingerprint density at radius 2 is 2.16 bits per heavy atom. The van der Waals surface area contributed by atoms with Crippen molar-refractivity contribution < 1.29 is 4.79 Å². The average Bonchev–Trinajstić information content (AvgIpc) is 2.78. The first-order valence-electron chi connectivity index (χ1n) is 6.70. The van der Waals surface area contributed by atoms with Crippen LogP contribution in [0.15, 0.2) is 30.5 Å². The van der Waals surface area contributed by atoms with E-state index in [1.54, 1.807) is 0 Å². The summed E-state index contributed by atoms with van der Waals surface area (Å²) in [5.74, 6) is 0.345. The maximum atomic E-state index is 12.2. The van der Waals surface area contributed by atoms with E-state index >= 15 is 0 Å². The first-order valence-corrected chi connectivity index (χ1v) is 6.70. The van der Waals surface area contributed by atoms with Gasteiger partial charge in [0.25, 0.3) is 0 Å². The van der Waals surface area contributed by atoms with E-state index in [1.165, 1.54) is 5.39 Å². The second-order valence-electron chi connectivity index (χ2n) is 5.48. The van der Waals surface area contributed by atoms with Crippen LogP contribution in [0, 0.1) is 5.92 Å². The summed E-state index contributed by atoms with van der Waals surface area (Å²) in [6.45, 7) is 0.647. The number of hydrogen-bond acceptors (Lipinski definition) is 2. The maximum absolute atomic E-state index is 12.2. The Kier molecular flexibility index (Phi) is 3.03. The molecule has 0 spiro atoms. The number of nitrogens with zero attached hydrogens (tertiary/aromatic N) is 1. The van der Waals surface area contributed by atoms with Crippen molar-refractivity contribution in [2.75, 3.05) is 7.05 Å². The molecule has 2 aromatic rings. The highest BCUT2D eigenvalue weighted by Crippen LogP contribution is 2.28. The lowest BCUT2D eigenvalue weighted by atomic mass is 9.80. The summed E-state index contributed by atoms with van der Waals surface area (Å²) in [6.07, 6.45) is 3.65. The summed E-state index contributed by atoms with van der Waals surface area (Å²) in [5, 5.41) is 1.19. The number of aromatic amines is 1. The van der Waals surface area contributed by atoms with Gasteiger partial charge in [-0.15, -0.1) is 0 Å². The van der Waals surface area contributed by atoms with E-state index in [1.807, 2.05) is 36.3 Å². The van der Waals surface area contributed by atoms with Crippen LogP contribution in [0.4, 0.5) is 0 Å². The van der Waals surface area contributed by atoms with Crippen molar-refractivity contribution in [3.63, 3.8) is 0 Å². The number of nitrogens with two attached hydrogens (primary N) is 1. The molecule has 0 atom stereocenters. The van der Waals surface area contributed by atoms with Crippen molar-refractivity contribution >= 4 is 16.8 Å². The van der Waals surface area contributed by atoms with Crippen LogP contribution in [0.5, 0.6) is 0 Å². The SMILES string of the molecule is CN(Cc1c[nH]c2ccccc12)C(=O)C1CC(N)C1. The lowest BCUT2D eigenvalue weighted by molar-refractivity contribution is -0.137. The molecule has 1 amide bonds. The second kappa shape index (κ2) is 4.70. The number of carbonyl (C=O) groups excluding carboxylic acids is 1. The quantitative estimate of drug-likeness (QED) is 0.881. The van der Waals surface area contributed by atoms with Gasteiger partial charge < -0.3 is 15.6 Å². The molecule has 1 aliphatic rings. The smallest absolute Gasteiger partial charge is 0.225 e. The molecule has 0 unspecified atom stereocenters. The third-order valence-electron chi connectivity index (χ3n) is 3.98. The van der Waals surface area contributed by atoms with Gasteiger partial charge in [0.15, 0.2) is 0 Å². The summed E-state index contributed by atoms with van der Waals surface area (Å²) in [6, 6.07) is 8.37. The third-order valence-corrected chi connectivity index (χ3v) is 3.98. The molecule has 4 heteroatoms. The number of carbonyl (C=O) groups is 1. The Bertz CT molecular complexity index is 598. The topological polar surface area (TPSA) is 62.1 Å². The summed E-state index contributed by atoms with van der Waals surface area (Å²) in [5.41, 5.74) is 8.02. The fourth-order valence-electron chi connectivity index (χ4n) is 2.77. The maximum Gasteiger partial charge on any atom is 0.225 e. The molecular formula is C15H19N3O. The van der Waals surface area contributed by atoms with Gasteiger partial charge >= 0.3 is 0 Å². The van der Waals surface area contributed by atoms with Crippen LogP contribution in [-0.2, 0) is 11.3 Å². The highest BCUT2D eigenvalue weighted by atomic mass is 16.2. The molecule has 19 heavy (non-hydrogen) atoms. The standard InChI is InChI=1S/C15H19N3O/c1-18(15(19)10-6-12(16)7-10)9-11-8-17-14-5-3-2-4-13(11)14/h2-5,8,10,12,17H,6-7,9,16H2,1H3. The van der Waals surface area contributed by atoms with Crippen molar-refractivity contribution in [3.05, 3.63) is 36.0 Å². The number of rotatable bonds is 3. The number of H-pyrrole nitrogens is 1. The number of nitrogens with one attached hydrogen (secondary N) is 1. The lowest BCUT2D eigenvalue weighted by Crippen LogP contribution is -2.45. The molecule has 3 N–H and O–H groups in total. The molecule has 1 aromatic heterocycles. The summed E-state index contributed by atoms with van der Waals surface area (Å²) in [7, 11) is 1.87. The third kappa shape index (κ3) is 2.24. The molecule has 0 radical (unpaired) electrons. The van der Waals surface area contributed by atoms with Crippen LogP contribution in [0.3, 0.4) is 0 Å². The molecule has 3 rings (SSSR count). The lowest BCUT2D eigenvalue weighted by Gasteiger charge is -2.34. The predicted molar refractivity (Wildman–Crippen MR) is 75.5 cm³/mol. The number of hydrogen-bond donors (Lipinski definition) is 2. The molecule has 0 bridgehead atoms. The van der Waals surface area contributed by atoms with E-state index in [2.05, 4.69) is 11.1 Å². The van der Waals surface area contributed by atoms with Gasteiger partial charge in [-0.25, -0.2) is 0 Å². The van der Waals surface area contributed by atoms with E-state index < -0.39 is 0 Å². The van der Waals surface area contributed by atoms with Crippen LogP contribution >= 0.6 is 0 Å². The average molecular weight is 257 g/mol. The van der Waals surface area contributed by atoms with Crippen LogP contribution < -0.4 is 5.73 Å². The van der Waals surface area contributed by atoms with Gasteiger partial charge in [-0.05, 0) is 24.5 Å². The molecule has 1 heterocycles. The number of para-hydroxylation sites is 1. The molecule has 0 saturated heterocycles. The van der Waals surface area contributed by atoms with Crippen LogP contribution in [0.25, 0.3) is 10.9 Å². The highest BCUT2D eigenvalue weighted by Gasteiger charge is 2.33. The van der Waals surface area contributed by atoms with Crippen molar-refractivity contribution in [3.8, 4) is 0 Å². The van der Waals surface area contributed by atoms with Crippen molar-refractivity contribution in [1.29, 1.82) is 0 Å². The Morgan fingerprint density at radius 1 is 1.42 bits per heavy atom. The normalized spacial score (nSPS) is 22.2. The van der Waals surface area contributed by atoms with Gasteiger partial charge in [-0.1, -0.05) is 18.2 Å². The zero-order valence-electron chi connectivity index (χ0n) is 11.1. The van der Waals surface area contributed by atoms with Gasteiger partial charge in [-0.3, -0.25) is 4.79 Å². The van der Waals surface area contributed by atoms with E-state index in [-0.39, 0.29) is 17.9 Å². The van der Waals surface area contributed by atoms with Crippen LogP contribution in [-0.4, -0.2) is 28.9 Å². The van der Waals surface area contributed by atoms with Gasteiger partial charge in [0.1, 0.15) is 0 Å². The Morgan fingerprint density at radius 3 is 2.89 bits per heavy atom. The second-order valence-corrected chi connectivity index (χ2v) is 5.48. The number of amides is 1. The van der Waals surface area contributed by atoms with Crippen LogP contribution in [0.1, 0.15) is 18.4 Å². The number of fused-ring (bicyclic) bond motifs is 1. The molecule has 100 valence electrons. The van der Waals surface area contributed by atoms with Gasteiger partial charge in [0, 0.05) is 42.7 Å². The minimum Gasteiger partial charge on any atom is -0.361 e. The minimum atomic E-state index is 0.130. The van der Waals surface area contributed by atoms with Crippen molar-refractivity contribution in [2.24, 2.45) is 11.7 Å². The molecule has 1 aromatic carbocycles. The minimum absolute atomic E-state index is 0.130. The number of benzene rings is 1. The summed E-state index contributed by atoms with van der Waals surface area (Å²) < 4.78 is 0. The molecule has 1 aliphatic carbocycles. The Hall–Kier alpha value is -1.81. The van der Waals surface area contributed by atoms with Crippen LogP contribution in [0.2, 0.25) is 0 Å². The van der Waals surface area contributed by atoms with E-state index in [4.69, 9.17) is 5.73 Å². The van der Waals surface area contributed by atoms with Gasteiger partial charge in [-0.2, -0.15) is 0 Å². The zero-order valence-corrected chi connectivity index (χ0v) is 11.1. The Labute approximate surface area is 112 Å². The fourth-order valence-corrected chi connectivity index (χ4v) is 2.77.